The van der Waals surface area contributed by atoms with E-state index in [-0.39, 0.29) is 12.8 Å². The summed E-state index contributed by atoms with van der Waals surface area (Å²) in [6, 6.07) is 0. The standard InChI is InChI=1S/C12H23NO5S/c1-5-12(6-2,11(15)16)19(17,18)9-10(14)13(7-3)8-4/h5-9H2,1-4H3,(H,15,16). The zero-order valence-corrected chi connectivity index (χ0v) is 12.8. The lowest BCUT2D eigenvalue weighted by molar-refractivity contribution is -0.140. The number of carbonyl (C=O) groups is 2. The molecule has 0 saturated heterocycles. The van der Waals surface area contributed by atoms with E-state index in [2.05, 4.69) is 0 Å². The fraction of sp³-hybridized carbons (Fsp3) is 0.833. The maximum absolute atomic E-state index is 12.3. The molecule has 0 heterocycles. The number of carboxylic acids is 1. The highest BCUT2D eigenvalue weighted by atomic mass is 32.2. The van der Waals surface area contributed by atoms with Gasteiger partial charge in [0.25, 0.3) is 0 Å². The summed E-state index contributed by atoms with van der Waals surface area (Å²) in [7, 11) is -4.04. The summed E-state index contributed by atoms with van der Waals surface area (Å²) < 4.78 is 22.7. The van der Waals surface area contributed by atoms with E-state index < -0.39 is 32.2 Å². The van der Waals surface area contributed by atoms with Gasteiger partial charge < -0.3 is 10.0 Å². The van der Waals surface area contributed by atoms with Gasteiger partial charge in [0.05, 0.1) is 0 Å². The van der Waals surface area contributed by atoms with Gasteiger partial charge in [0.1, 0.15) is 5.75 Å². The first-order valence-corrected chi connectivity index (χ1v) is 8.11. The molecular formula is C12H23NO5S. The number of rotatable bonds is 8. The third-order valence-electron chi connectivity index (χ3n) is 3.56. The van der Waals surface area contributed by atoms with Gasteiger partial charge in [-0.05, 0) is 26.7 Å². The Morgan fingerprint density at radius 1 is 1.05 bits per heavy atom. The van der Waals surface area contributed by atoms with Gasteiger partial charge in [0, 0.05) is 13.1 Å². The molecule has 0 unspecified atom stereocenters. The smallest absolute Gasteiger partial charge is 0.325 e. The van der Waals surface area contributed by atoms with Crippen molar-refractivity contribution in [3.63, 3.8) is 0 Å². The third-order valence-corrected chi connectivity index (χ3v) is 6.13. The lowest BCUT2D eigenvalue weighted by Crippen LogP contribution is -2.49. The molecule has 0 aromatic carbocycles. The zero-order valence-electron chi connectivity index (χ0n) is 12.0. The minimum atomic E-state index is -4.04. The number of carbonyl (C=O) groups excluding carboxylic acids is 1. The van der Waals surface area contributed by atoms with Gasteiger partial charge in [-0.25, -0.2) is 8.42 Å². The molecular weight excluding hydrogens is 270 g/mol. The van der Waals surface area contributed by atoms with Gasteiger partial charge in [-0.2, -0.15) is 0 Å². The fourth-order valence-electron chi connectivity index (χ4n) is 2.09. The van der Waals surface area contributed by atoms with Crippen LogP contribution in [-0.2, 0) is 19.4 Å². The first kappa shape index (κ1) is 17.9. The molecule has 0 aromatic heterocycles. The highest BCUT2D eigenvalue weighted by Crippen LogP contribution is 2.27. The Hall–Kier alpha value is -1.11. The molecule has 0 aliphatic rings. The van der Waals surface area contributed by atoms with Gasteiger partial charge in [-0.3, -0.25) is 9.59 Å². The van der Waals surface area contributed by atoms with Crippen LogP contribution in [0.5, 0.6) is 0 Å². The number of sulfone groups is 1. The molecule has 0 saturated carbocycles. The van der Waals surface area contributed by atoms with Crippen molar-refractivity contribution in [1.29, 1.82) is 0 Å². The van der Waals surface area contributed by atoms with Crippen molar-refractivity contribution in [2.24, 2.45) is 0 Å². The highest BCUT2D eigenvalue weighted by Gasteiger charge is 2.48. The lowest BCUT2D eigenvalue weighted by atomic mass is 10.0. The normalized spacial score (nSPS) is 12.2. The van der Waals surface area contributed by atoms with E-state index in [4.69, 9.17) is 0 Å². The second-order valence-electron chi connectivity index (χ2n) is 4.33. The molecule has 0 atom stereocenters. The molecule has 1 N–H and O–H groups in total. The van der Waals surface area contributed by atoms with Crippen molar-refractivity contribution in [2.45, 2.75) is 45.3 Å². The first-order valence-electron chi connectivity index (χ1n) is 6.45. The van der Waals surface area contributed by atoms with E-state index in [1.165, 1.54) is 18.7 Å². The largest absolute Gasteiger partial charge is 0.480 e. The molecule has 0 fully saturated rings. The van der Waals surface area contributed by atoms with E-state index in [0.717, 1.165) is 0 Å². The summed E-state index contributed by atoms with van der Waals surface area (Å²) in [5, 5.41) is 9.22. The van der Waals surface area contributed by atoms with E-state index in [1.807, 2.05) is 0 Å². The van der Waals surface area contributed by atoms with Crippen molar-refractivity contribution in [3.05, 3.63) is 0 Å². The molecule has 0 aromatic rings. The van der Waals surface area contributed by atoms with Crippen LogP contribution in [0.4, 0.5) is 0 Å². The van der Waals surface area contributed by atoms with Crippen LogP contribution < -0.4 is 0 Å². The molecule has 0 bridgehead atoms. The third kappa shape index (κ3) is 3.46. The molecule has 6 nitrogen and oxygen atoms in total. The van der Waals surface area contributed by atoms with Gasteiger partial charge in [-0.1, -0.05) is 13.8 Å². The number of nitrogens with zero attached hydrogens (tertiary/aromatic N) is 1. The van der Waals surface area contributed by atoms with Gasteiger partial charge in [0.2, 0.25) is 5.91 Å². The Bertz CT molecular complexity index is 421. The number of carboxylic acid groups (broad SMARTS) is 1. The van der Waals surface area contributed by atoms with Crippen LogP contribution in [-0.4, -0.2) is 53.9 Å². The topological polar surface area (TPSA) is 91.8 Å². The second kappa shape index (κ2) is 6.88. The molecule has 1 amide bonds. The fourth-order valence-corrected chi connectivity index (χ4v) is 4.02. The summed E-state index contributed by atoms with van der Waals surface area (Å²) in [4.78, 5) is 24.6. The quantitative estimate of drug-likeness (QED) is 0.718. The van der Waals surface area contributed by atoms with Crippen LogP contribution in [0.25, 0.3) is 0 Å². The Balaban J connectivity index is 5.38. The molecule has 0 aliphatic heterocycles. The average Bonchev–Trinajstić information content (AvgIpc) is 2.31. The molecule has 0 spiro atoms. The van der Waals surface area contributed by atoms with Crippen LogP contribution in [0.15, 0.2) is 0 Å². The molecule has 0 radical (unpaired) electrons. The van der Waals surface area contributed by atoms with Crippen molar-refractivity contribution in [2.75, 3.05) is 18.8 Å². The Labute approximate surface area is 114 Å². The van der Waals surface area contributed by atoms with Crippen LogP contribution in [0.1, 0.15) is 40.5 Å². The monoisotopic (exact) mass is 293 g/mol. The van der Waals surface area contributed by atoms with Crippen LogP contribution in [0.2, 0.25) is 0 Å². The minimum Gasteiger partial charge on any atom is -0.480 e. The maximum atomic E-state index is 12.3. The van der Waals surface area contributed by atoms with Gasteiger partial charge in [0.15, 0.2) is 14.6 Å². The summed E-state index contributed by atoms with van der Waals surface area (Å²) in [6.45, 7) is 7.33. The number of hydrogen-bond donors (Lipinski definition) is 1. The summed E-state index contributed by atoms with van der Waals surface area (Å²) in [5.41, 5.74) is 0. The number of aliphatic carboxylic acids is 1. The Morgan fingerprint density at radius 2 is 1.47 bits per heavy atom. The molecule has 0 aliphatic carbocycles. The number of hydrogen-bond acceptors (Lipinski definition) is 4. The van der Waals surface area contributed by atoms with Crippen LogP contribution in [0.3, 0.4) is 0 Å². The second-order valence-corrected chi connectivity index (χ2v) is 6.63. The maximum Gasteiger partial charge on any atom is 0.325 e. The molecule has 112 valence electrons. The summed E-state index contributed by atoms with van der Waals surface area (Å²) in [5.74, 6) is -2.68. The number of amides is 1. The lowest BCUT2D eigenvalue weighted by Gasteiger charge is -2.27. The molecule has 19 heavy (non-hydrogen) atoms. The van der Waals surface area contributed by atoms with Crippen molar-refractivity contribution in [1.82, 2.24) is 4.90 Å². The summed E-state index contributed by atoms with van der Waals surface area (Å²) >= 11 is 0. The van der Waals surface area contributed by atoms with Gasteiger partial charge >= 0.3 is 5.97 Å². The summed E-state index contributed by atoms with van der Waals surface area (Å²) in [6.07, 6.45) is -0.0978. The van der Waals surface area contributed by atoms with E-state index in [0.29, 0.717) is 13.1 Å². The minimum absolute atomic E-state index is 0.0489. The first-order chi connectivity index (χ1) is 8.72. The Kier molecular flexibility index (Phi) is 6.48. The van der Waals surface area contributed by atoms with Crippen LogP contribution in [0, 0.1) is 0 Å². The SMILES string of the molecule is CCN(CC)C(=O)CS(=O)(=O)C(CC)(CC)C(=O)O. The van der Waals surface area contributed by atoms with Crippen molar-refractivity contribution in [3.8, 4) is 0 Å². The predicted octanol–water partition coefficient (Wildman–Crippen LogP) is 0.913. The zero-order chi connectivity index (χ0) is 15.3. The van der Waals surface area contributed by atoms with Gasteiger partial charge in [-0.15, -0.1) is 0 Å². The average molecular weight is 293 g/mol. The van der Waals surface area contributed by atoms with Crippen molar-refractivity contribution < 1.29 is 23.1 Å². The van der Waals surface area contributed by atoms with E-state index in [1.54, 1.807) is 13.8 Å². The molecule has 7 heteroatoms. The van der Waals surface area contributed by atoms with E-state index in [9.17, 15) is 23.1 Å². The predicted molar refractivity (Wildman–Crippen MR) is 72.7 cm³/mol. The van der Waals surface area contributed by atoms with Crippen molar-refractivity contribution >= 4 is 21.7 Å². The van der Waals surface area contributed by atoms with Crippen LogP contribution >= 0.6 is 0 Å². The van der Waals surface area contributed by atoms with E-state index >= 15 is 0 Å². The molecule has 0 rings (SSSR count). The Morgan fingerprint density at radius 3 is 1.74 bits per heavy atom. The highest BCUT2D eigenvalue weighted by molar-refractivity contribution is 7.94.